The molecule has 0 aliphatic carbocycles. The Bertz CT molecular complexity index is 451. The van der Waals surface area contributed by atoms with E-state index in [-0.39, 0.29) is 6.04 Å². The van der Waals surface area contributed by atoms with E-state index >= 15 is 0 Å². The van der Waals surface area contributed by atoms with E-state index in [1.54, 1.807) is 0 Å². The second-order valence-corrected chi connectivity index (χ2v) is 5.63. The van der Waals surface area contributed by atoms with Gasteiger partial charge >= 0.3 is 0 Å². The van der Waals surface area contributed by atoms with E-state index in [0.29, 0.717) is 18.5 Å². The van der Waals surface area contributed by atoms with Crippen molar-refractivity contribution < 1.29 is 0 Å². The lowest BCUT2D eigenvalue weighted by Crippen LogP contribution is -2.41. The summed E-state index contributed by atoms with van der Waals surface area (Å²) < 4.78 is 0. The van der Waals surface area contributed by atoms with Gasteiger partial charge in [-0.2, -0.15) is 5.26 Å². The van der Waals surface area contributed by atoms with Crippen LogP contribution in [0.3, 0.4) is 0 Å². The predicted octanol–water partition coefficient (Wildman–Crippen LogP) is 2.47. The Balaban J connectivity index is 1.70. The van der Waals surface area contributed by atoms with Crippen LogP contribution in [0.25, 0.3) is 0 Å². The van der Waals surface area contributed by atoms with Crippen molar-refractivity contribution in [2.24, 2.45) is 0 Å². The third-order valence-corrected chi connectivity index (χ3v) is 4.52. The van der Waals surface area contributed by atoms with Gasteiger partial charge in [-0.05, 0) is 31.4 Å². The van der Waals surface area contributed by atoms with Crippen molar-refractivity contribution in [2.75, 3.05) is 13.1 Å². The van der Waals surface area contributed by atoms with E-state index in [0.717, 1.165) is 0 Å². The van der Waals surface area contributed by atoms with E-state index in [4.69, 9.17) is 5.26 Å². The predicted molar refractivity (Wildman–Crippen MR) is 75.5 cm³/mol. The maximum Gasteiger partial charge on any atom is 0.0641 e. The van der Waals surface area contributed by atoms with Crippen LogP contribution >= 0.6 is 0 Å². The smallest absolute Gasteiger partial charge is 0.0641 e. The largest absolute Gasteiger partial charge is 0.305 e. The standard InChI is InChI=1S/C16H21N3/c17-10-8-14(13-5-2-1-3-6-13)18-15-9-12-19-11-4-7-16(15)19/h1-3,5-6,14-16,18H,4,7-9,11-12H2. The zero-order valence-electron chi connectivity index (χ0n) is 11.3. The molecule has 0 spiro atoms. The summed E-state index contributed by atoms with van der Waals surface area (Å²) in [4.78, 5) is 2.60. The van der Waals surface area contributed by atoms with E-state index in [1.165, 1.54) is 37.9 Å². The van der Waals surface area contributed by atoms with Gasteiger partial charge in [0.2, 0.25) is 0 Å². The Labute approximate surface area is 115 Å². The molecule has 2 fully saturated rings. The summed E-state index contributed by atoms with van der Waals surface area (Å²) in [5, 5.41) is 12.8. The van der Waals surface area contributed by atoms with Crippen molar-refractivity contribution in [1.82, 2.24) is 10.2 Å². The van der Waals surface area contributed by atoms with Gasteiger partial charge in [-0.3, -0.25) is 4.90 Å². The molecule has 3 heteroatoms. The van der Waals surface area contributed by atoms with Gasteiger partial charge in [-0.15, -0.1) is 0 Å². The first-order valence-corrected chi connectivity index (χ1v) is 7.30. The molecule has 0 aromatic heterocycles. The Morgan fingerprint density at radius 2 is 2.11 bits per heavy atom. The van der Waals surface area contributed by atoms with Gasteiger partial charge in [0.25, 0.3) is 0 Å². The summed E-state index contributed by atoms with van der Waals surface area (Å²) in [6.45, 7) is 2.48. The second kappa shape index (κ2) is 5.73. The molecule has 3 rings (SSSR count). The molecule has 1 aromatic carbocycles. The van der Waals surface area contributed by atoms with E-state index in [9.17, 15) is 0 Å². The molecule has 2 aliphatic rings. The van der Waals surface area contributed by atoms with Crippen LogP contribution in [-0.2, 0) is 0 Å². The van der Waals surface area contributed by atoms with Gasteiger partial charge in [-0.1, -0.05) is 30.3 Å². The average molecular weight is 255 g/mol. The fraction of sp³-hybridized carbons (Fsp3) is 0.562. The summed E-state index contributed by atoms with van der Waals surface area (Å²) in [5.74, 6) is 0. The molecule has 0 saturated carbocycles. The highest BCUT2D eigenvalue weighted by Gasteiger charge is 2.37. The molecule has 2 aliphatic heterocycles. The van der Waals surface area contributed by atoms with Gasteiger partial charge in [0, 0.05) is 24.7 Å². The molecule has 19 heavy (non-hydrogen) atoms. The first-order valence-electron chi connectivity index (χ1n) is 7.30. The number of fused-ring (bicyclic) bond motifs is 1. The molecule has 1 N–H and O–H groups in total. The van der Waals surface area contributed by atoms with Gasteiger partial charge in [0.05, 0.1) is 12.5 Å². The second-order valence-electron chi connectivity index (χ2n) is 5.63. The summed E-state index contributed by atoms with van der Waals surface area (Å²) in [7, 11) is 0. The van der Waals surface area contributed by atoms with Gasteiger partial charge in [0.15, 0.2) is 0 Å². The molecule has 0 amide bonds. The molecule has 2 heterocycles. The lowest BCUT2D eigenvalue weighted by Gasteiger charge is -2.26. The van der Waals surface area contributed by atoms with Crippen molar-refractivity contribution in [3.05, 3.63) is 35.9 Å². The minimum absolute atomic E-state index is 0.178. The van der Waals surface area contributed by atoms with Gasteiger partial charge in [-0.25, -0.2) is 0 Å². The molecule has 1 aromatic rings. The Morgan fingerprint density at radius 1 is 1.26 bits per heavy atom. The monoisotopic (exact) mass is 255 g/mol. The molecular weight excluding hydrogens is 234 g/mol. The van der Waals surface area contributed by atoms with Crippen molar-refractivity contribution in [2.45, 2.75) is 43.8 Å². The minimum atomic E-state index is 0.178. The Hall–Kier alpha value is -1.37. The molecule has 0 bridgehead atoms. The number of hydrogen-bond acceptors (Lipinski definition) is 3. The third kappa shape index (κ3) is 2.65. The van der Waals surface area contributed by atoms with Crippen LogP contribution in [0.15, 0.2) is 30.3 Å². The lowest BCUT2D eigenvalue weighted by molar-refractivity contribution is 0.289. The van der Waals surface area contributed by atoms with Crippen LogP contribution < -0.4 is 5.32 Å². The van der Waals surface area contributed by atoms with E-state index in [1.807, 2.05) is 6.07 Å². The maximum atomic E-state index is 9.06. The van der Waals surface area contributed by atoms with Crippen molar-refractivity contribution >= 4 is 0 Å². The van der Waals surface area contributed by atoms with Crippen molar-refractivity contribution in [3.63, 3.8) is 0 Å². The van der Waals surface area contributed by atoms with Gasteiger partial charge in [0.1, 0.15) is 0 Å². The molecule has 100 valence electrons. The summed E-state index contributed by atoms with van der Waals surface area (Å²) >= 11 is 0. The highest BCUT2D eigenvalue weighted by Crippen LogP contribution is 2.30. The van der Waals surface area contributed by atoms with Crippen LogP contribution in [0.5, 0.6) is 0 Å². The first kappa shape index (κ1) is 12.7. The maximum absolute atomic E-state index is 9.06. The number of nitrogens with zero attached hydrogens (tertiary/aromatic N) is 2. The minimum Gasteiger partial charge on any atom is -0.305 e. The zero-order valence-corrected chi connectivity index (χ0v) is 11.3. The highest BCUT2D eigenvalue weighted by molar-refractivity contribution is 5.20. The molecule has 3 atom stereocenters. The number of nitrogens with one attached hydrogen (secondary N) is 1. The van der Waals surface area contributed by atoms with Gasteiger partial charge < -0.3 is 5.32 Å². The van der Waals surface area contributed by atoms with Crippen LogP contribution in [0.1, 0.15) is 37.3 Å². The number of benzene rings is 1. The topological polar surface area (TPSA) is 39.1 Å². The van der Waals surface area contributed by atoms with Crippen molar-refractivity contribution in [1.29, 1.82) is 5.26 Å². The third-order valence-electron chi connectivity index (χ3n) is 4.52. The van der Waals surface area contributed by atoms with Crippen molar-refractivity contribution in [3.8, 4) is 6.07 Å². The first-order chi connectivity index (χ1) is 9.38. The normalized spacial score (nSPS) is 27.9. The number of hydrogen-bond donors (Lipinski definition) is 1. The van der Waals surface area contributed by atoms with Crippen LogP contribution in [0, 0.1) is 11.3 Å². The Morgan fingerprint density at radius 3 is 2.89 bits per heavy atom. The summed E-state index contributed by atoms with van der Waals surface area (Å²) in [6, 6.07) is 14.1. The van der Waals surface area contributed by atoms with E-state index < -0.39 is 0 Å². The average Bonchev–Trinajstić information content (AvgIpc) is 3.04. The SMILES string of the molecule is N#CCC(NC1CCN2CCCC12)c1ccccc1. The van der Waals surface area contributed by atoms with E-state index in [2.05, 4.69) is 40.6 Å². The molecular formula is C16H21N3. The number of nitriles is 1. The summed E-state index contributed by atoms with van der Waals surface area (Å²) in [6.07, 6.45) is 4.41. The fourth-order valence-corrected chi connectivity index (χ4v) is 3.58. The molecule has 2 saturated heterocycles. The Kier molecular flexibility index (Phi) is 3.82. The molecule has 3 unspecified atom stereocenters. The fourth-order valence-electron chi connectivity index (χ4n) is 3.58. The summed E-state index contributed by atoms with van der Waals surface area (Å²) in [5.41, 5.74) is 1.24. The quantitative estimate of drug-likeness (QED) is 0.898. The molecule has 3 nitrogen and oxygen atoms in total. The van der Waals surface area contributed by atoms with Crippen LogP contribution in [0.4, 0.5) is 0 Å². The zero-order chi connectivity index (χ0) is 13.1. The van der Waals surface area contributed by atoms with Crippen LogP contribution in [0.2, 0.25) is 0 Å². The lowest BCUT2D eigenvalue weighted by atomic mass is 10.00. The molecule has 0 radical (unpaired) electrons. The number of rotatable bonds is 4. The highest BCUT2D eigenvalue weighted by atomic mass is 15.2. The van der Waals surface area contributed by atoms with Crippen LogP contribution in [-0.4, -0.2) is 30.1 Å².